The van der Waals surface area contributed by atoms with E-state index in [1.165, 1.54) is 12.8 Å². The second-order valence-corrected chi connectivity index (χ2v) is 7.21. The van der Waals surface area contributed by atoms with Crippen LogP contribution in [0.4, 0.5) is 4.79 Å². The standard InChI is InChI=1S/C16H31NO2/c1-6-7-13(2)14-8-10-17(11-9-14)15(18)19-12-16(3,4)5/h13-14H,6-12H2,1-5H3. The zero-order valence-electron chi connectivity index (χ0n) is 13.4. The quantitative estimate of drug-likeness (QED) is 0.760. The summed E-state index contributed by atoms with van der Waals surface area (Å²) < 4.78 is 5.38. The van der Waals surface area contributed by atoms with Gasteiger partial charge in [-0.2, -0.15) is 0 Å². The van der Waals surface area contributed by atoms with Crippen molar-refractivity contribution >= 4 is 6.09 Å². The van der Waals surface area contributed by atoms with Gasteiger partial charge in [0.1, 0.15) is 0 Å². The first-order valence-corrected chi connectivity index (χ1v) is 7.75. The number of carbonyl (C=O) groups excluding carboxylic acids is 1. The average Bonchev–Trinajstić information content (AvgIpc) is 2.35. The number of likely N-dealkylation sites (tertiary alicyclic amines) is 1. The first kappa shape index (κ1) is 16.3. The zero-order chi connectivity index (χ0) is 14.5. The Kier molecular flexibility index (Phi) is 6.15. The molecule has 1 unspecified atom stereocenters. The molecule has 1 fully saturated rings. The lowest BCUT2D eigenvalue weighted by molar-refractivity contribution is 0.0577. The van der Waals surface area contributed by atoms with E-state index < -0.39 is 0 Å². The number of hydrogen-bond acceptors (Lipinski definition) is 2. The van der Waals surface area contributed by atoms with Crippen LogP contribution in [0.1, 0.15) is 60.3 Å². The molecule has 1 heterocycles. The van der Waals surface area contributed by atoms with Gasteiger partial charge in [0.2, 0.25) is 0 Å². The van der Waals surface area contributed by atoms with Crippen molar-refractivity contribution in [2.75, 3.05) is 19.7 Å². The van der Waals surface area contributed by atoms with Crippen LogP contribution in [0.5, 0.6) is 0 Å². The van der Waals surface area contributed by atoms with E-state index in [0.29, 0.717) is 6.61 Å². The Bertz CT molecular complexity index is 275. The summed E-state index contributed by atoms with van der Waals surface area (Å²) in [7, 11) is 0. The Morgan fingerprint density at radius 2 is 1.89 bits per heavy atom. The maximum atomic E-state index is 12.0. The lowest BCUT2D eigenvalue weighted by Gasteiger charge is -2.34. The van der Waals surface area contributed by atoms with Gasteiger partial charge in [0.15, 0.2) is 0 Å². The van der Waals surface area contributed by atoms with Crippen molar-refractivity contribution in [1.29, 1.82) is 0 Å². The lowest BCUT2D eigenvalue weighted by atomic mass is 9.83. The van der Waals surface area contributed by atoms with Crippen molar-refractivity contribution in [3.8, 4) is 0 Å². The Morgan fingerprint density at radius 1 is 1.32 bits per heavy atom. The molecule has 0 saturated carbocycles. The molecule has 3 heteroatoms. The van der Waals surface area contributed by atoms with Gasteiger partial charge in [-0.1, -0.05) is 47.5 Å². The SMILES string of the molecule is CCCC(C)C1CCN(C(=O)OCC(C)(C)C)CC1. The van der Waals surface area contributed by atoms with Crippen molar-refractivity contribution < 1.29 is 9.53 Å². The van der Waals surface area contributed by atoms with Gasteiger partial charge < -0.3 is 9.64 Å². The van der Waals surface area contributed by atoms with Crippen molar-refractivity contribution in [1.82, 2.24) is 4.90 Å². The summed E-state index contributed by atoms with van der Waals surface area (Å²) in [6.45, 7) is 13.1. The minimum absolute atomic E-state index is 0.0453. The van der Waals surface area contributed by atoms with Gasteiger partial charge in [-0.05, 0) is 30.1 Å². The molecule has 0 aromatic heterocycles. The number of nitrogens with zero attached hydrogens (tertiary/aromatic N) is 1. The van der Waals surface area contributed by atoms with E-state index in [4.69, 9.17) is 4.74 Å². The van der Waals surface area contributed by atoms with Gasteiger partial charge in [0, 0.05) is 13.1 Å². The molecular weight excluding hydrogens is 238 g/mol. The molecule has 0 spiro atoms. The summed E-state index contributed by atoms with van der Waals surface area (Å²) in [6.07, 6.45) is 4.70. The van der Waals surface area contributed by atoms with E-state index in [1.54, 1.807) is 0 Å². The van der Waals surface area contributed by atoms with E-state index in [9.17, 15) is 4.79 Å². The van der Waals surface area contributed by atoms with Crippen molar-refractivity contribution in [3.63, 3.8) is 0 Å². The fourth-order valence-electron chi connectivity index (χ4n) is 2.71. The highest BCUT2D eigenvalue weighted by atomic mass is 16.6. The monoisotopic (exact) mass is 269 g/mol. The topological polar surface area (TPSA) is 29.5 Å². The first-order chi connectivity index (χ1) is 8.83. The maximum Gasteiger partial charge on any atom is 0.409 e. The number of amides is 1. The fraction of sp³-hybridized carbons (Fsp3) is 0.938. The Hall–Kier alpha value is -0.730. The van der Waals surface area contributed by atoms with Gasteiger partial charge >= 0.3 is 6.09 Å². The van der Waals surface area contributed by atoms with E-state index in [2.05, 4.69) is 34.6 Å². The largest absolute Gasteiger partial charge is 0.449 e. The molecule has 19 heavy (non-hydrogen) atoms. The molecule has 0 bridgehead atoms. The second-order valence-electron chi connectivity index (χ2n) is 7.21. The Morgan fingerprint density at radius 3 is 2.37 bits per heavy atom. The first-order valence-electron chi connectivity index (χ1n) is 7.75. The van der Waals surface area contributed by atoms with E-state index >= 15 is 0 Å². The second kappa shape index (κ2) is 7.16. The van der Waals surface area contributed by atoms with Crippen LogP contribution in [0.2, 0.25) is 0 Å². The van der Waals surface area contributed by atoms with Crippen LogP contribution in [0, 0.1) is 17.3 Å². The van der Waals surface area contributed by atoms with Crippen LogP contribution in [-0.2, 0) is 4.74 Å². The van der Waals surface area contributed by atoms with Crippen LogP contribution >= 0.6 is 0 Å². The molecule has 0 aliphatic carbocycles. The maximum absolute atomic E-state index is 12.0. The highest BCUT2D eigenvalue weighted by Crippen LogP contribution is 2.28. The van der Waals surface area contributed by atoms with Crippen LogP contribution in [0.25, 0.3) is 0 Å². The van der Waals surface area contributed by atoms with Crippen LogP contribution < -0.4 is 0 Å². The van der Waals surface area contributed by atoms with Gasteiger partial charge in [-0.25, -0.2) is 4.79 Å². The molecule has 0 aromatic carbocycles. The smallest absolute Gasteiger partial charge is 0.409 e. The summed E-state index contributed by atoms with van der Waals surface area (Å²) in [6, 6.07) is 0. The summed E-state index contributed by atoms with van der Waals surface area (Å²) in [4.78, 5) is 13.8. The molecule has 3 nitrogen and oxygen atoms in total. The van der Waals surface area contributed by atoms with E-state index in [-0.39, 0.29) is 11.5 Å². The van der Waals surface area contributed by atoms with Gasteiger partial charge in [-0.3, -0.25) is 0 Å². The normalized spacial score (nSPS) is 19.3. The molecule has 1 amide bonds. The molecule has 1 rings (SSSR count). The molecule has 1 atom stereocenters. The predicted octanol–water partition coefficient (Wildman–Crippen LogP) is 4.32. The summed E-state index contributed by atoms with van der Waals surface area (Å²) in [5.74, 6) is 1.57. The summed E-state index contributed by atoms with van der Waals surface area (Å²) in [5.41, 5.74) is 0.0453. The minimum Gasteiger partial charge on any atom is -0.449 e. The fourth-order valence-corrected chi connectivity index (χ4v) is 2.71. The van der Waals surface area contributed by atoms with Crippen molar-refractivity contribution in [2.24, 2.45) is 17.3 Å². The molecule has 0 N–H and O–H groups in total. The third kappa shape index (κ3) is 5.84. The zero-order valence-corrected chi connectivity index (χ0v) is 13.4. The van der Waals surface area contributed by atoms with Gasteiger partial charge in [-0.15, -0.1) is 0 Å². The molecule has 1 saturated heterocycles. The van der Waals surface area contributed by atoms with Crippen LogP contribution in [-0.4, -0.2) is 30.7 Å². The molecule has 1 aliphatic rings. The summed E-state index contributed by atoms with van der Waals surface area (Å²) in [5, 5.41) is 0. The number of piperidine rings is 1. The Balaban J connectivity index is 2.31. The van der Waals surface area contributed by atoms with Gasteiger partial charge in [0.05, 0.1) is 6.61 Å². The highest BCUT2D eigenvalue weighted by molar-refractivity contribution is 5.67. The summed E-state index contributed by atoms with van der Waals surface area (Å²) >= 11 is 0. The van der Waals surface area contributed by atoms with Gasteiger partial charge in [0.25, 0.3) is 0 Å². The number of carbonyl (C=O) groups is 1. The highest BCUT2D eigenvalue weighted by Gasteiger charge is 2.27. The third-order valence-electron chi connectivity index (χ3n) is 3.98. The minimum atomic E-state index is -0.128. The molecule has 0 aromatic rings. The number of ether oxygens (including phenoxy) is 1. The molecule has 1 aliphatic heterocycles. The van der Waals surface area contributed by atoms with E-state index in [1.807, 2.05) is 4.90 Å². The Labute approximate surface area is 118 Å². The van der Waals surface area contributed by atoms with Crippen LogP contribution in [0.15, 0.2) is 0 Å². The molecule has 0 radical (unpaired) electrons. The number of rotatable bonds is 4. The molecular formula is C16H31NO2. The van der Waals surface area contributed by atoms with Crippen molar-refractivity contribution in [2.45, 2.75) is 60.3 Å². The van der Waals surface area contributed by atoms with Crippen molar-refractivity contribution in [3.05, 3.63) is 0 Å². The molecule has 112 valence electrons. The third-order valence-corrected chi connectivity index (χ3v) is 3.98. The predicted molar refractivity (Wildman–Crippen MR) is 79.2 cm³/mol. The van der Waals surface area contributed by atoms with E-state index in [0.717, 1.165) is 37.8 Å². The average molecular weight is 269 g/mol. The number of hydrogen-bond donors (Lipinski definition) is 0. The lowest BCUT2D eigenvalue weighted by Crippen LogP contribution is -2.40. The van der Waals surface area contributed by atoms with Crippen LogP contribution in [0.3, 0.4) is 0 Å².